The summed E-state index contributed by atoms with van der Waals surface area (Å²) in [4.78, 5) is 10.3. The average Bonchev–Trinajstić information content (AvgIpc) is 2.27. The summed E-state index contributed by atoms with van der Waals surface area (Å²) in [5, 5.41) is 25.7. The third kappa shape index (κ3) is 20.1. The molecule has 0 saturated carbocycles. The second kappa shape index (κ2) is 14.7. The van der Waals surface area contributed by atoms with Gasteiger partial charge in [0.1, 0.15) is 17.9 Å². The van der Waals surface area contributed by atoms with Crippen LogP contribution in [0.25, 0.3) is 0 Å². The van der Waals surface area contributed by atoms with Crippen LogP contribution in [0.4, 0.5) is 0 Å². The number of likely N-dealkylation sites (N-methyl/N-ethyl adjacent to an activating group) is 1. The van der Waals surface area contributed by atoms with Crippen molar-refractivity contribution in [1.82, 2.24) is 0 Å². The van der Waals surface area contributed by atoms with E-state index in [0.717, 1.165) is 11.0 Å². The molecule has 0 radical (unpaired) electrons. The van der Waals surface area contributed by atoms with Crippen LogP contribution in [0.1, 0.15) is 10.4 Å². The first-order chi connectivity index (χ1) is 9.51. The minimum absolute atomic E-state index is 0. The molecule has 1 unspecified atom stereocenters. The van der Waals surface area contributed by atoms with E-state index in [1.165, 1.54) is 12.1 Å². The van der Waals surface area contributed by atoms with Crippen LogP contribution in [-0.4, -0.2) is 125 Å². The summed E-state index contributed by atoms with van der Waals surface area (Å²) < 4.78 is 24.9. The van der Waals surface area contributed by atoms with E-state index >= 15 is 0 Å². The second-order valence-electron chi connectivity index (χ2n) is 4.78. The predicted molar refractivity (Wildman–Crippen MR) is 83.7 cm³/mol. The first-order valence-corrected chi connectivity index (χ1v) is 6.75. The number of aromatic carboxylic acids is 1. The van der Waals surface area contributed by atoms with Crippen molar-refractivity contribution in [3.8, 4) is 5.75 Å². The van der Waals surface area contributed by atoms with Crippen molar-refractivity contribution in [3.63, 3.8) is 0 Å². The molecule has 0 aromatic heterocycles. The fourth-order valence-corrected chi connectivity index (χ4v) is 0.954. The van der Waals surface area contributed by atoms with Crippen molar-refractivity contribution >= 4 is 68.7 Å². The van der Waals surface area contributed by atoms with Crippen molar-refractivity contribution in [2.45, 2.75) is 0 Å². The van der Waals surface area contributed by atoms with Crippen LogP contribution in [0.15, 0.2) is 24.3 Å². The Labute approximate surface area is 174 Å². The molecule has 1 aromatic rings. The van der Waals surface area contributed by atoms with E-state index in [-0.39, 0.29) is 69.3 Å². The van der Waals surface area contributed by atoms with E-state index < -0.39 is 17.3 Å². The zero-order chi connectivity index (χ0) is 17.1. The summed E-state index contributed by atoms with van der Waals surface area (Å²) >= 11 is -2.86. The Balaban J connectivity index is -0.000000266. The van der Waals surface area contributed by atoms with Gasteiger partial charge in [-0.3, -0.25) is 0 Å². The van der Waals surface area contributed by atoms with Gasteiger partial charge in [-0.15, -0.1) is 0 Å². The van der Waals surface area contributed by atoms with Crippen LogP contribution < -0.4 is 0 Å². The molecule has 1 atom stereocenters. The Morgan fingerprint density at radius 3 is 1.86 bits per heavy atom. The molecule has 0 bridgehead atoms. The van der Waals surface area contributed by atoms with E-state index in [4.69, 9.17) is 28.6 Å². The molecule has 0 amide bonds. The van der Waals surface area contributed by atoms with Crippen LogP contribution in [0.2, 0.25) is 0 Å². The predicted octanol–water partition coefficient (Wildman–Crippen LogP) is -0.535. The Hall–Kier alpha value is 0.116. The van der Waals surface area contributed by atoms with Crippen LogP contribution in [-0.2, 0) is 11.4 Å². The zero-order valence-electron chi connectivity index (χ0n) is 12.1. The number of carboxylic acid groups (broad SMARTS) is 1. The molecule has 0 saturated heterocycles. The van der Waals surface area contributed by atoms with Crippen molar-refractivity contribution in [3.05, 3.63) is 29.8 Å². The summed E-state index contributed by atoms with van der Waals surface area (Å²) in [6, 6.07) is 5.81. The van der Waals surface area contributed by atoms with E-state index in [1.807, 2.05) is 0 Å². The average molecular weight is 363 g/mol. The fourth-order valence-electron chi connectivity index (χ4n) is 0.954. The third-order valence-electron chi connectivity index (χ3n) is 1.91. The van der Waals surface area contributed by atoms with Crippen LogP contribution >= 0.6 is 0 Å². The van der Waals surface area contributed by atoms with Crippen LogP contribution in [0.5, 0.6) is 5.75 Å². The Morgan fingerprint density at radius 2 is 1.68 bits per heavy atom. The monoisotopic (exact) mass is 363 g/mol. The van der Waals surface area contributed by atoms with Crippen LogP contribution in [0, 0.1) is 0 Å². The number of rotatable bonds is 3. The van der Waals surface area contributed by atoms with Crippen molar-refractivity contribution in [1.29, 1.82) is 0 Å². The number of hydrogen-bond acceptors (Lipinski definition) is 5. The summed E-state index contributed by atoms with van der Waals surface area (Å²) in [6.45, 7) is 1.11. The number of para-hydroxylation sites is 1. The van der Waals surface area contributed by atoms with Gasteiger partial charge in [-0.2, -0.15) is 0 Å². The van der Waals surface area contributed by atoms with Crippen molar-refractivity contribution < 1.29 is 37.9 Å². The van der Waals surface area contributed by atoms with Gasteiger partial charge in [-0.1, -0.05) is 12.1 Å². The van der Waals surface area contributed by atoms with E-state index in [0.29, 0.717) is 0 Å². The number of benzene rings is 1. The molecule has 0 spiro atoms. The summed E-state index contributed by atoms with van der Waals surface area (Å²) in [5.74, 6) is -1.31. The summed E-state index contributed by atoms with van der Waals surface area (Å²) in [6.07, 6.45) is 0. The van der Waals surface area contributed by atoms with Crippen molar-refractivity contribution in [2.24, 2.45) is 0 Å². The van der Waals surface area contributed by atoms with Gasteiger partial charge in [-0.25, -0.2) is 9.00 Å². The summed E-state index contributed by atoms with van der Waals surface area (Å²) in [5.41, 5.74) is -0.0671. The Bertz CT molecular complexity index is 447. The molecule has 0 aliphatic heterocycles. The quantitative estimate of drug-likeness (QED) is 0.321. The molecule has 124 valence electrons. The number of aromatic hydroxyl groups is 1. The molecule has 22 heavy (non-hydrogen) atoms. The third-order valence-corrected chi connectivity index (χ3v) is 1.91. The molecule has 10 heteroatoms. The molecular formula is C12H22KNO7S. The number of quaternary nitrogens is 1. The number of aliphatic hydroxyl groups excluding tert-OH is 1. The standard InChI is InChI=1S/C7H6O3.C5H14NO.K.H2O3S.H/c8-6-4-2-1-3-5(6)7(9)10;1-6(2,3)4-5-7;;1-4(2)3;/h1-4,8H,(H,9,10);7H,4-5H2,1-3H3;;(H2,1,2,3);/q;+1;;;/p-1. The van der Waals surface area contributed by atoms with Gasteiger partial charge in [0, 0.05) is 0 Å². The number of carbonyl (C=O) groups is 1. The molecule has 0 heterocycles. The number of nitrogens with zero attached hydrogens (tertiary/aromatic N) is 1. The Kier molecular flexibility index (Phi) is 18.0. The van der Waals surface area contributed by atoms with Gasteiger partial charge < -0.3 is 28.9 Å². The normalized spacial score (nSPS) is 10.8. The fraction of sp³-hybridized carbons (Fsp3) is 0.417. The maximum absolute atomic E-state index is 10.3. The number of aliphatic hydroxyl groups is 1. The van der Waals surface area contributed by atoms with Gasteiger partial charge in [0.05, 0.1) is 39.1 Å². The van der Waals surface area contributed by atoms with Gasteiger partial charge >= 0.3 is 57.4 Å². The summed E-state index contributed by atoms with van der Waals surface area (Å²) in [7, 11) is 6.16. The molecule has 0 aliphatic rings. The molecule has 8 nitrogen and oxygen atoms in total. The topological polar surface area (TPSA) is 138 Å². The maximum atomic E-state index is 10.3. The van der Waals surface area contributed by atoms with Crippen molar-refractivity contribution in [2.75, 3.05) is 34.3 Å². The van der Waals surface area contributed by atoms with E-state index in [1.54, 1.807) is 12.1 Å². The SMILES string of the molecule is C[N+](C)(C)CCO.O=C(O)c1ccccc1O.O=S([O-])O.[KH]. The minimum atomic E-state index is -2.86. The Morgan fingerprint density at radius 1 is 1.27 bits per heavy atom. The van der Waals surface area contributed by atoms with Gasteiger partial charge in [0.25, 0.3) is 0 Å². The molecule has 1 aromatic carbocycles. The first-order valence-electron chi connectivity index (χ1n) is 5.72. The molecule has 1 rings (SSSR count). The zero-order valence-corrected chi connectivity index (χ0v) is 12.9. The molecule has 0 fully saturated rings. The van der Waals surface area contributed by atoms with E-state index in [2.05, 4.69) is 21.1 Å². The molecule has 0 aliphatic carbocycles. The van der Waals surface area contributed by atoms with Gasteiger partial charge in [0.2, 0.25) is 0 Å². The number of phenols is 1. The van der Waals surface area contributed by atoms with E-state index in [9.17, 15) is 4.79 Å². The van der Waals surface area contributed by atoms with Gasteiger partial charge in [0.15, 0.2) is 0 Å². The van der Waals surface area contributed by atoms with Crippen LogP contribution in [0.3, 0.4) is 0 Å². The molecule has 4 N–H and O–H groups in total. The second-order valence-corrected chi connectivity index (χ2v) is 5.21. The number of carboxylic acids is 1. The number of hydrogen-bond donors (Lipinski definition) is 4. The van der Waals surface area contributed by atoms with Gasteiger partial charge in [-0.05, 0) is 12.1 Å². The molecular weight excluding hydrogens is 341 g/mol. The first kappa shape index (κ1) is 27.0.